The van der Waals surface area contributed by atoms with Crippen molar-refractivity contribution in [1.29, 1.82) is 0 Å². The van der Waals surface area contributed by atoms with Crippen LogP contribution in [0.1, 0.15) is 38.2 Å². The van der Waals surface area contributed by atoms with Crippen molar-refractivity contribution < 1.29 is 4.79 Å². The molecule has 1 amide bonds. The second-order valence-electron chi connectivity index (χ2n) is 7.80. The summed E-state index contributed by atoms with van der Waals surface area (Å²) in [5.41, 5.74) is 1.11. The van der Waals surface area contributed by atoms with Gasteiger partial charge in [-0.25, -0.2) is 0 Å². The van der Waals surface area contributed by atoms with Crippen LogP contribution < -0.4 is 10.6 Å². The van der Waals surface area contributed by atoms with Crippen molar-refractivity contribution in [2.24, 2.45) is 0 Å². The number of nitrogens with zero attached hydrogens (tertiary/aromatic N) is 2. The van der Waals surface area contributed by atoms with Gasteiger partial charge in [0.25, 0.3) is 0 Å². The Morgan fingerprint density at radius 3 is 2.67 bits per heavy atom. The van der Waals surface area contributed by atoms with Crippen LogP contribution >= 0.6 is 11.6 Å². The SMILES string of the molecule is CCCN1CCC(N2C[C@H](NCc3ccccc3Cl)C[C@H]2C(=O)NC)CC1. The number of benzene rings is 1. The van der Waals surface area contributed by atoms with Crippen LogP contribution in [0.15, 0.2) is 24.3 Å². The van der Waals surface area contributed by atoms with Crippen molar-refractivity contribution in [2.45, 2.75) is 57.3 Å². The number of carbonyl (C=O) groups is 1. The number of piperidine rings is 1. The monoisotopic (exact) mass is 392 g/mol. The van der Waals surface area contributed by atoms with E-state index in [9.17, 15) is 4.79 Å². The molecule has 2 fully saturated rings. The Morgan fingerprint density at radius 2 is 2.00 bits per heavy atom. The summed E-state index contributed by atoms with van der Waals surface area (Å²) < 4.78 is 0. The standard InChI is InChI=1S/C21H33ClN4O/c1-3-10-25-11-8-18(9-12-25)26-15-17(13-20(26)21(27)23-2)24-14-16-6-4-5-7-19(16)22/h4-7,17-18,20,24H,3,8-15H2,1-2H3,(H,23,27)/t17-,20+/m1/s1. The van der Waals surface area contributed by atoms with Crippen molar-refractivity contribution >= 4 is 17.5 Å². The molecule has 150 valence electrons. The Bertz CT molecular complexity index is 618. The molecule has 0 spiro atoms. The van der Waals surface area contributed by atoms with E-state index in [1.165, 1.54) is 13.0 Å². The van der Waals surface area contributed by atoms with E-state index >= 15 is 0 Å². The molecule has 0 saturated carbocycles. The molecule has 0 unspecified atom stereocenters. The summed E-state index contributed by atoms with van der Waals surface area (Å²) in [6.07, 6.45) is 4.39. The molecular weight excluding hydrogens is 360 g/mol. The third-order valence-corrected chi connectivity index (χ3v) is 6.36. The summed E-state index contributed by atoms with van der Waals surface area (Å²) in [5.74, 6) is 0.146. The van der Waals surface area contributed by atoms with Crippen LogP contribution in [0.3, 0.4) is 0 Å². The van der Waals surface area contributed by atoms with Gasteiger partial charge in [-0.2, -0.15) is 0 Å². The number of nitrogens with one attached hydrogen (secondary N) is 2. The molecule has 6 heteroatoms. The van der Waals surface area contributed by atoms with E-state index in [-0.39, 0.29) is 11.9 Å². The maximum absolute atomic E-state index is 12.5. The Morgan fingerprint density at radius 1 is 1.26 bits per heavy atom. The average Bonchev–Trinajstić information content (AvgIpc) is 3.12. The predicted octanol–water partition coefficient (Wildman–Crippen LogP) is 2.49. The van der Waals surface area contributed by atoms with Gasteiger partial charge in [-0.05, 0) is 56.9 Å². The molecular formula is C21H33ClN4O. The van der Waals surface area contributed by atoms with E-state index in [2.05, 4.69) is 33.4 Å². The van der Waals surface area contributed by atoms with Crippen molar-refractivity contribution in [1.82, 2.24) is 20.4 Å². The zero-order valence-corrected chi connectivity index (χ0v) is 17.3. The molecule has 0 aromatic heterocycles. The first-order valence-electron chi connectivity index (χ1n) is 10.3. The minimum Gasteiger partial charge on any atom is -0.358 e. The first-order chi connectivity index (χ1) is 13.1. The third kappa shape index (κ3) is 5.23. The number of amides is 1. The van der Waals surface area contributed by atoms with Crippen LogP contribution in [0, 0.1) is 0 Å². The van der Waals surface area contributed by atoms with Crippen LogP contribution in [0.25, 0.3) is 0 Å². The summed E-state index contributed by atoms with van der Waals surface area (Å²) in [7, 11) is 1.74. The van der Waals surface area contributed by atoms with Gasteiger partial charge in [-0.3, -0.25) is 9.69 Å². The Labute approximate surface area is 168 Å². The van der Waals surface area contributed by atoms with E-state index in [1.807, 2.05) is 18.2 Å². The van der Waals surface area contributed by atoms with Crippen LogP contribution in [0.4, 0.5) is 0 Å². The highest BCUT2D eigenvalue weighted by Gasteiger charge is 2.40. The fraction of sp³-hybridized carbons (Fsp3) is 0.667. The van der Waals surface area contributed by atoms with Gasteiger partial charge in [0, 0.05) is 37.2 Å². The quantitative estimate of drug-likeness (QED) is 0.748. The molecule has 27 heavy (non-hydrogen) atoms. The maximum atomic E-state index is 12.5. The van der Waals surface area contributed by atoms with Gasteiger partial charge in [-0.15, -0.1) is 0 Å². The van der Waals surface area contributed by atoms with Gasteiger partial charge < -0.3 is 15.5 Å². The summed E-state index contributed by atoms with van der Waals surface area (Å²) >= 11 is 6.28. The number of hydrogen-bond donors (Lipinski definition) is 2. The molecule has 1 aromatic carbocycles. The molecule has 1 aromatic rings. The molecule has 2 aliphatic rings. The smallest absolute Gasteiger partial charge is 0.237 e. The van der Waals surface area contributed by atoms with E-state index < -0.39 is 0 Å². The topological polar surface area (TPSA) is 47.6 Å². The first kappa shape index (κ1) is 20.6. The Balaban J connectivity index is 1.59. The minimum absolute atomic E-state index is 0.0264. The van der Waals surface area contributed by atoms with Crippen LogP contribution in [-0.4, -0.2) is 67.1 Å². The number of likely N-dealkylation sites (N-methyl/N-ethyl adjacent to an activating group) is 1. The summed E-state index contributed by atoms with van der Waals surface area (Å²) in [6.45, 7) is 7.39. The van der Waals surface area contributed by atoms with Gasteiger partial charge in [0.2, 0.25) is 5.91 Å². The van der Waals surface area contributed by atoms with Gasteiger partial charge in [0.15, 0.2) is 0 Å². The van der Waals surface area contributed by atoms with E-state index in [0.717, 1.165) is 56.0 Å². The van der Waals surface area contributed by atoms with Crippen molar-refractivity contribution in [2.75, 3.05) is 33.2 Å². The lowest BCUT2D eigenvalue weighted by Gasteiger charge is -2.38. The highest BCUT2D eigenvalue weighted by atomic mass is 35.5. The summed E-state index contributed by atoms with van der Waals surface area (Å²) in [5, 5.41) is 7.30. The molecule has 2 aliphatic heterocycles. The van der Waals surface area contributed by atoms with Crippen LogP contribution in [0.2, 0.25) is 5.02 Å². The number of halogens is 1. The Kier molecular flexibility index (Phi) is 7.53. The molecule has 2 N–H and O–H groups in total. The van der Waals surface area contributed by atoms with Gasteiger partial charge in [0.1, 0.15) is 0 Å². The first-order valence-corrected chi connectivity index (χ1v) is 10.7. The minimum atomic E-state index is -0.0264. The van der Waals surface area contributed by atoms with Crippen LogP contribution in [0.5, 0.6) is 0 Å². The largest absolute Gasteiger partial charge is 0.358 e. The zero-order chi connectivity index (χ0) is 19.2. The summed E-state index contributed by atoms with van der Waals surface area (Å²) in [6, 6.07) is 8.75. The molecule has 0 radical (unpaired) electrons. The maximum Gasteiger partial charge on any atom is 0.237 e. The lowest BCUT2D eigenvalue weighted by atomic mass is 10.0. The van der Waals surface area contributed by atoms with Gasteiger partial charge in [0.05, 0.1) is 6.04 Å². The molecule has 5 nitrogen and oxygen atoms in total. The average molecular weight is 393 g/mol. The molecule has 3 rings (SSSR count). The fourth-order valence-corrected chi connectivity index (χ4v) is 4.73. The molecule has 2 saturated heterocycles. The lowest BCUT2D eigenvalue weighted by molar-refractivity contribution is -0.126. The molecule has 0 aliphatic carbocycles. The second-order valence-corrected chi connectivity index (χ2v) is 8.21. The summed E-state index contributed by atoms with van der Waals surface area (Å²) in [4.78, 5) is 17.5. The zero-order valence-electron chi connectivity index (χ0n) is 16.6. The van der Waals surface area contributed by atoms with Crippen molar-refractivity contribution in [3.8, 4) is 0 Å². The van der Waals surface area contributed by atoms with Crippen molar-refractivity contribution in [3.63, 3.8) is 0 Å². The normalized spacial score (nSPS) is 25.0. The second kappa shape index (κ2) is 9.87. The Hall–Kier alpha value is -1.14. The van der Waals surface area contributed by atoms with Gasteiger partial charge in [-0.1, -0.05) is 36.7 Å². The van der Waals surface area contributed by atoms with Crippen LogP contribution in [-0.2, 0) is 11.3 Å². The number of rotatable bonds is 7. The van der Waals surface area contributed by atoms with Crippen molar-refractivity contribution in [3.05, 3.63) is 34.9 Å². The number of hydrogen-bond acceptors (Lipinski definition) is 4. The highest BCUT2D eigenvalue weighted by Crippen LogP contribution is 2.27. The van der Waals surface area contributed by atoms with E-state index in [0.29, 0.717) is 12.1 Å². The lowest BCUT2D eigenvalue weighted by Crippen LogP contribution is -2.51. The molecule has 2 atom stereocenters. The predicted molar refractivity (Wildman–Crippen MR) is 111 cm³/mol. The van der Waals surface area contributed by atoms with E-state index in [4.69, 9.17) is 11.6 Å². The third-order valence-electron chi connectivity index (χ3n) is 5.99. The fourth-order valence-electron chi connectivity index (χ4n) is 4.52. The van der Waals surface area contributed by atoms with E-state index in [1.54, 1.807) is 7.05 Å². The highest BCUT2D eigenvalue weighted by molar-refractivity contribution is 6.31. The molecule has 0 bridgehead atoms. The number of carbonyl (C=O) groups excluding carboxylic acids is 1. The molecule has 2 heterocycles. The van der Waals surface area contributed by atoms with Gasteiger partial charge >= 0.3 is 0 Å². The number of likely N-dealkylation sites (tertiary alicyclic amines) is 2.